The summed E-state index contributed by atoms with van der Waals surface area (Å²) >= 11 is 9.30. The Hall–Kier alpha value is -0.740. The SMILES string of the molecule is CCCCN(CCBr)C(=O)c1ccc(Cl)cc1OC. The molecule has 0 spiro atoms. The summed E-state index contributed by atoms with van der Waals surface area (Å²) in [5.41, 5.74) is 0.559. The normalized spacial score (nSPS) is 10.3. The van der Waals surface area contributed by atoms with E-state index >= 15 is 0 Å². The van der Waals surface area contributed by atoms with Gasteiger partial charge in [0, 0.05) is 23.4 Å². The van der Waals surface area contributed by atoms with Crippen molar-refractivity contribution in [1.29, 1.82) is 0 Å². The fourth-order valence-corrected chi connectivity index (χ4v) is 2.37. The molecule has 0 aliphatic rings. The molecule has 0 radical (unpaired) electrons. The molecule has 106 valence electrons. The van der Waals surface area contributed by atoms with Crippen molar-refractivity contribution >= 4 is 33.4 Å². The Kier molecular flexibility index (Phi) is 7.24. The summed E-state index contributed by atoms with van der Waals surface area (Å²) in [4.78, 5) is 14.4. The van der Waals surface area contributed by atoms with Crippen LogP contribution in [0.2, 0.25) is 5.02 Å². The molecule has 0 saturated heterocycles. The molecule has 0 N–H and O–H groups in total. The molecule has 0 aliphatic heterocycles. The molecule has 1 rings (SSSR count). The van der Waals surface area contributed by atoms with Gasteiger partial charge in [0.2, 0.25) is 0 Å². The van der Waals surface area contributed by atoms with E-state index < -0.39 is 0 Å². The van der Waals surface area contributed by atoms with Crippen LogP contribution < -0.4 is 4.74 Å². The van der Waals surface area contributed by atoms with Crippen LogP contribution in [0.3, 0.4) is 0 Å². The highest BCUT2D eigenvalue weighted by atomic mass is 79.9. The summed E-state index contributed by atoms with van der Waals surface area (Å²) in [6.45, 7) is 3.55. The van der Waals surface area contributed by atoms with Crippen molar-refractivity contribution in [1.82, 2.24) is 4.90 Å². The topological polar surface area (TPSA) is 29.5 Å². The lowest BCUT2D eigenvalue weighted by molar-refractivity contribution is 0.0761. The number of alkyl halides is 1. The zero-order valence-electron chi connectivity index (χ0n) is 11.3. The van der Waals surface area contributed by atoms with E-state index in [0.29, 0.717) is 22.9 Å². The van der Waals surface area contributed by atoms with Gasteiger partial charge in [-0.15, -0.1) is 0 Å². The zero-order chi connectivity index (χ0) is 14.3. The summed E-state index contributed by atoms with van der Waals surface area (Å²) in [6.07, 6.45) is 2.05. The maximum Gasteiger partial charge on any atom is 0.257 e. The first-order chi connectivity index (χ1) is 9.13. The van der Waals surface area contributed by atoms with Gasteiger partial charge >= 0.3 is 0 Å². The molecule has 0 heterocycles. The molecule has 0 bridgehead atoms. The molecule has 0 saturated carbocycles. The second-order valence-electron chi connectivity index (χ2n) is 4.18. The number of methoxy groups -OCH3 is 1. The first kappa shape index (κ1) is 16.3. The third-order valence-electron chi connectivity index (χ3n) is 2.82. The van der Waals surface area contributed by atoms with E-state index in [1.54, 1.807) is 25.3 Å². The zero-order valence-corrected chi connectivity index (χ0v) is 13.6. The van der Waals surface area contributed by atoms with Crippen LogP contribution in [0, 0.1) is 0 Å². The van der Waals surface area contributed by atoms with Crippen molar-refractivity contribution in [2.75, 3.05) is 25.5 Å². The summed E-state index contributed by atoms with van der Waals surface area (Å²) in [6, 6.07) is 5.10. The Morgan fingerprint density at radius 3 is 2.74 bits per heavy atom. The maximum atomic E-state index is 12.5. The van der Waals surface area contributed by atoms with E-state index in [1.807, 2.05) is 4.90 Å². The Labute approximate surface area is 128 Å². The number of rotatable bonds is 7. The number of carbonyl (C=O) groups excluding carboxylic acids is 1. The van der Waals surface area contributed by atoms with E-state index in [4.69, 9.17) is 16.3 Å². The Bertz CT molecular complexity index is 426. The van der Waals surface area contributed by atoms with E-state index in [9.17, 15) is 4.79 Å². The molecule has 3 nitrogen and oxygen atoms in total. The summed E-state index contributed by atoms with van der Waals surface area (Å²) in [7, 11) is 1.54. The molecule has 0 aliphatic carbocycles. The van der Waals surface area contributed by atoms with Gasteiger partial charge in [0.15, 0.2) is 0 Å². The minimum absolute atomic E-state index is 0.0126. The molecule has 5 heteroatoms. The van der Waals surface area contributed by atoms with Crippen LogP contribution in [0.25, 0.3) is 0 Å². The monoisotopic (exact) mass is 347 g/mol. The highest BCUT2D eigenvalue weighted by Gasteiger charge is 2.18. The van der Waals surface area contributed by atoms with Crippen molar-refractivity contribution in [2.24, 2.45) is 0 Å². The Morgan fingerprint density at radius 2 is 2.16 bits per heavy atom. The summed E-state index contributed by atoms with van der Waals surface area (Å²) in [5.74, 6) is 0.509. The van der Waals surface area contributed by atoms with Gasteiger partial charge in [-0.05, 0) is 24.6 Å². The van der Waals surface area contributed by atoms with Crippen LogP contribution in [0.4, 0.5) is 0 Å². The van der Waals surface area contributed by atoms with Gasteiger partial charge in [0.1, 0.15) is 5.75 Å². The van der Waals surface area contributed by atoms with E-state index in [1.165, 1.54) is 0 Å². The fourth-order valence-electron chi connectivity index (χ4n) is 1.78. The number of halogens is 2. The number of amides is 1. The second kappa shape index (κ2) is 8.43. The minimum Gasteiger partial charge on any atom is -0.496 e. The highest BCUT2D eigenvalue weighted by molar-refractivity contribution is 9.09. The predicted octanol–water partition coefficient (Wildman–Crippen LogP) is 3.99. The van der Waals surface area contributed by atoms with Gasteiger partial charge < -0.3 is 9.64 Å². The van der Waals surface area contributed by atoms with Gasteiger partial charge in [-0.3, -0.25) is 4.79 Å². The lowest BCUT2D eigenvalue weighted by Crippen LogP contribution is -2.33. The largest absolute Gasteiger partial charge is 0.496 e. The molecule has 1 aromatic rings. The molecule has 0 atom stereocenters. The quantitative estimate of drug-likeness (QED) is 0.697. The number of hydrogen-bond donors (Lipinski definition) is 0. The van der Waals surface area contributed by atoms with Crippen LogP contribution in [-0.4, -0.2) is 36.3 Å². The summed E-state index contributed by atoms with van der Waals surface area (Å²) < 4.78 is 5.24. The first-order valence-electron chi connectivity index (χ1n) is 6.32. The number of hydrogen-bond acceptors (Lipinski definition) is 2. The van der Waals surface area contributed by atoms with Gasteiger partial charge in [0.05, 0.1) is 12.7 Å². The van der Waals surface area contributed by atoms with Gasteiger partial charge in [-0.25, -0.2) is 0 Å². The standard InChI is InChI=1S/C14H19BrClNO2/c1-3-4-8-17(9-7-15)14(18)12-6-5-11(16)10-13(12)19-2/h5-6,10H,3-4,7-9H2,1-2H3. The lowest BCUT2D eigenvalue weighted by Gasteiger charge is -2.22. The highest BCUT2D eigenvalue weighted by Crippen LogP contribution is 2.24. The summed E-state index contributed by atoms with van der Waals surface area (Å²) in [5, 5.41) is 1.33. The van der Waals surface area contributed by atoms with Crippen molar-refractivity contribution in [3.05, 3.63) is 28.8 Å². The predicted molar refractivity (Wildman–Crippen MR) is 82.6 cm³/mol. The van der Waals surface area contributed by atoms with Crippen molar-refractivity contribution in [3.8, 4) is 5.75 Å². The fraction of sp³-hybridized carbons (Fsp3) is 0.500. The van der Waals surface area contributed by atoms with Gasteiger partial charge in [-0.2, -0.15) is 0 Å². The molecular formula is C14H19BrClNO2. The van der Waals surface area contributed by atoms with Crippen molar-refractivity contribution in [2.45, 2.75) is 19.8 Å². The average molecular weight is 349 g/mol. The Morgan fingerprint density at radius 1 is 1.42 bits per heavy atom. The van der Waals surface area contributed by atoms with Crippen LogP contribution in [-0.2, 0) is 0 Å². The van der Waals surface area contributed by atoms with E-state index in [2.05, 4.69) is 22.9 Å². The maximum absolute atomic E-state index is 12.5. The third-order valence-corrected chi connectivity index (χ3v) is 3.41. The molecule has 1 aromatic carbocycles. The number of benzene rings is 1. The van der Waals surface area contributed by atoms with Gasteiger partial charge in [-0.1, -0.05) is 40.9 Å². The van der Waals surface area contributed by atoms with Crippen LogP contribution >= 0.6 is 27.5 Å². The van der Waals surface area contributed by atoms with Crippen LogP contribution in [0.15, 0.2) is 18.2 Å². The molecule has 0 fully saturated rings. The van der Waals surface area contributed by atoms with E-state index in [-0.39, 0.29) is 5.91 Å². The smallest absolute Gasteiger partial charge is 0.257 e. The second-order valence-corrected chi connectivity index (χ2v) is 5.41. The molecular weight excluding hydrogens is 330 g/mol. The molecule has 19 heavy (non-hydrogen) atoms. The number of nitrogens with zero attached hydrogens (tertiary/aromatic N) is 1. The molecule has 1 amide bonds. The van der Waals surface area contributed by atoms with Crippen LogP contribution in [0.1, 0.15) is 30.1 Å². The average Bonchev–Trinajstić information content (AvgIpc) is 2.42. The first-order valence-corrected chi connectivity index (χ1v) is 7.82. The minimum atomic E-state index is -0.0126. The Balaban J connectivity index is 2.94. The van der Waals surface area contributed by atoms with Crippen LogP contribution in [0.5, 0.6) is 5.75 Å². The lowest BCUT2D eigenvalue weighted by atomic mass is 10.1. The van der Waals surface area contributed by atoms with Gasteiger partial charge in [0.25, 0.3) is 5.91 Å². The third kappa shape index (κ3) is 4.69. The number of unbranched alkanes of at least 4 members (excludes halogenated alkanes) is 1. The molecule has 0 unspecified atom stereocenters. The number of carbonyl (C=O) groups is 1. The van der Waals surface area contributed by atoms with Crippen molar-refractivity contribution in [3.63, 3.8) is 0 Å². The van der Waals surface area contributed by atoms with E-state index in [0.717, 1.165) is 24.7 Å². The number of ether oxygens (including phenoxy) is 1. The van der Waals surface area contributed by atoms with Crippen molar-refractivity contribution < 1.29 is 9.53 Å². The molecule has 0 aromatic heterocycles.